The molecule has 1 aliphatic rings. The van der Waals surface area contributed by atoms with Crippen molar-refractivity contribution in [1.29, 1.82) is 0 Å². The summed E-state index contributed by atoms with van der Waals surface area (Å²) in [5.41, 5.74) is -0.651. The van der Waals surface area contributed by atoms with Crippen LogP contribution in [-0.2, 0) is 32.6 Å². The van der Waals surface area contributed by atoms with Gasteiger partial charge in [0.05, 0.1) is 27.6 Å². The second-order valence-corrected chi connectivity index (χ2v) is 10.1. The molecule has 2 aromatic carbocycles. The smallest absolute Gasteiger partial charge is 0.373 e. The number of nitrogens with zero attached hydrogens (tertiary/aromatic N) is 2. The maximum atomic E-state index is 13.4. The summed E-state index contributed by atoms with van der Waals surface area (Å²) in [4.78, 5) is 46.2. The standard InChI is InChI=1S/C22H23N2O13P/c1-13-34-12-18(36-20(25)14-4-8-16(9-5-14)23(27)28)19(35-13)22(38(31,32-2)33-3)37-21(26)15-6-10-17(11-7-15)24(29)30/h4-11,13,18-19,22H,12H2,1-3H3/t13?,18-,19-,22+/m1/s1. The number of nitro benzene ring substituents is 2. The molecule has 1 heterocycles. The lowest BCUT2D eigenvalue weighted by Crippen LogP contribution is -2.52. The van der Waals surface area contributed by atoms with Crippen molar-refractivity contribution in [3.05, 3.63) is 79.9 Å². The van der Waals surface area contributed by atoms with E-state index < -0.39 is 53.7 Å². The molecule has 15 nitrogen and oxygen atoms in total. The zero-order valence-corrected chi connectivity index (χ0v) is 21.2. The first-order chi connectivity index (χ1) is 18.0. The summed E-state index contributed by atoms with van der Waals surface area (Å²) in [7, 11) is -2.15. The zero-order chi connectivity index (χ0) is 28.0. The summed E-state index contributed by atoms with van der Waals surface area (Å²) in [5.74, 6) is -3.72. The van der Waals surface area contributed by atoms with Gasteiger partial charge in [0.15, 0.2) is 12.4 Å². The number of hydrogen-bond donors (Lipinski definition) is 0. The van der Waals surface area contributed by atoms with Gasteiger partial charge in [-0.1, -0.05) is 0 Å². The Balaban J connectivity index is 1.89. The van der Waals surface area contributed by atoms with Crippen LogP contribution in [0.5, 0.6) is 0 Å². The number of esters is 2. The van der Waals surface area contributed by atoms with Gasteiger partial charge in [-0.25, -0.2) is 9.59 Å². The average molecular weight is 554 g/mol. The minimum atomic E-state index is -4.25. The Morgan fingerprint density at radius 1 is 0.921 bits per heavy atom. The van der Waals surface area contributed by atoms with Crippen LogP contribution in [0.1, 0.15) is 27.6 Å². The third-order valence-corrected chi connectivity index (χ3v) is 7.47. The van der Waals surface area contributed by atoms with Gasteiger partial charge in [-0.2, -0.15) is 0 Å². The first-order valence-corrected chi connectivity index (χ1v) is 12.5. The van der Waals surface area contributed by atoms with E-state index in [1.165, 1.54) is 19.1 Å². The summed E-state index contributed by atoms with van der Waals surface area (Å²) in [6.07, 6.45) is -3.60. The Morgan fingerprint density at radius 3 is 1.84 bits per heavy atom. The predicted molar refractivity (Wildman–Crippen MR) is 127 cm³/mol. The number of benzene rings is 2. The predicted octanol–water partition coefficient (Wildman–Crippen LogP) is 3.46. The molecule has 3 rings (SSSR count). The van der Waals surface area contributed by atoms with Crippen molar-refractivity contribution < 1.29 is 52.0 Å². The second kappa shape index (κ2) is 12.2. The first kappa shape index (κ1) is 28.8. The quantitative estimate of drug-likeness (QED) is 0.179. The summed E-state index contributed by atoms with van der Waals surface area (Å²) < 4.78 is 45.5. The number of ether oxygens (including phenoxy) is 4. The van der Waals surface area contributed by atoms with Crippen molar-refractivity contribution in [2.45, 2.75) is 31.3 Å². The van der Waals surface area contributed by atoms with Crippen molar-refractivity contribution >= 4 is 30.9 Å². The molecule has 204 valence electrons. The number of carbonyl (C=O) groups excluding carboxylic acids is 2. The van der Waals surface area contributed by atoms with Gasteiger partial charge in [0, 0.05) is 38.5 Å². The zero-order valence-electron chi connectivity index (χ0n) is 20.3. The highest BCUT2D eigenvalue weighted by Gasteiger charge is 2.51. The van der Waals surface area contributed by atoms with Gasteiger partial charge in [-0.3, -0.25) is 24.8 Å². The van der Waals surface area contributed by atoms with Gasteiger partial charge >= 0.3 is 19.5 Å². The summed E-state index contributed by atoms with van der Waals surface area (Å²) >= 11 is 0. The Hall–Kier alpha value is -3.75. The molecule has 0 bridgehead atoms. The van der Waals surface area contributed by atoms with E-state index in [1.54, 1.807) is 0 Å². The second-order valence-electron chi connectivity index (χ2n) is 7.75. The van der Waals surface area contributed by atoms with Gasteiger partial charge in [0.2, 0.25) is 5.85 Å². The minimum Gasteiger partial charge on any atom is -0.453 e. The molecule has 16 heteroatoms. The molecule has 0 aliphatic carbocycles. The van der Waals surface area contributed by atoms with Gasteiger partial charge < -0.3 is 28.0 Å². The van der Waals surface area contributed by atoms with E-state index in [0.29, 0.717) is 0 Å². The number of rotatable bonds is 10. The molecule has 1 unspecified atom stereocenters. The topological polar surface area (TPSA) is 193 Å². The molecule has 0 radical (unpaired) electrons. The Labute approximate surface area is 215 Å². The molecule has 2 aromatic rings. The highest BCUT2D eigenvalue weighted by atomic mass is 31.2. The van der Waals surface area contributed by atoms with E-state index in [0.717, 1.165) is 50.6 Å². The number of non-ortho nitro benzene ring substituents is 2. The van der Waals surface area contributed by atoms with E-state index in [9.17, 15) is 34.4 Å². The maximum absolute atomic E-state index is 13.4. The molecule has 0 N–H and O–H groups in total. The molecular weight excluding hydrogens is 531 g/mol. The SMILES string of the molecule is COP(=O)(OC)[C@H](OC(=O)c1ccc([N+](=O)[O-])cc1)[C@@H]1OC(C)OC[C@H]1OC(=O)c1ccc([N+](=O)[O-])cc1. The molecule has 1 saturated heterocycles. The molecule has 0 spiro atoms. The van der Waals surface area contributed by atoms with Crippen LogP contribution in [0, 0.1) is 20.2 Å². The molecule has 38 heavy (non-hydrogen) atoms. The van der Waals surface area contributed by atoms with Crippen LogP contribution < -0.4 is 0 Å². The molecule has 0 saturated carbocycles. The van der Waals surface area contributed by atoms with Crippen molar-refractivity contribution in [3.63, 3.8) is 0 Å². The summed E-state index contributed by atoms with van der Waals surface area (Å²) in [6.45, 7) is 1.24. The van der Waals surface area contributed by atoms with E-state index in [4.69, 9.17) is 28.0 Å². The summed E-state index contributed by atoms with van der Waals surface area (Å²) in [6, 6.07) is 9.04. The number of nitro groups is 2. The Morgan fingerprint density at radius 2 is 1.39 bits per heavy atom. The van der Waals surface area contributed by atoms with Gasteiger partial charge in [0.1, 0.15) is 6.10 Å². The maximum Gasteiger partial charge on any atom is 0.373 e. The lowest BCUT2D eigenvalue weighted by atomic mass is 10.1. The molecule has 1 aliphatic heterocycles. The van der Waals surface area contributed by atoms with E-state index in [-0.39, 0.29) is 29.1 Å². The molecule has 1 fully saturated rings. The normalized spacial score (nSPS) is 20.2. The molecular formula is C22H23N2O13P. The molecule has 4 atom stereocenters. The Bertz CT molecular complexity index is 1230. The van der Waals surface area contributed by atoms with Gasteiger partial charge in [0.25, 0.3) is 11.4 Å². The Kier molecular flexibility index (Phi) is 9.25. The fourth-order valence-corrected chi connectivity index (χ4v) is 4.85. The van der Waals surface area contributed by atoms with Crippen LogP contribution in [0.4, 0.5) is 11.4 Å². The average Bonchev–Trinajstić information content (AvgIpc) is 2.92. The number of carbonyl (C=O) groups is 2. The summed E-state index contributed by atoms with van der Waals surface area (Å²) in [5, 5.41) is 21.8. The van der Waals surface area contributed by atoms with Crippen LogP contribution in [-0.4, -0.2) is 67.0 Å². The number of hydrogen-bond acceptors (Lipinski definition) is 13. The minimum absolute atomic E-state index is 0.0333. The fourth-order valence-electron chi connectivity index (χ4n) is 3.44. The highest BCUT2D eigenvalue weighted by molar-refractivity contribution is 7.54. The van der Waals surface area contributed by atoms with Crippen molar-refractivity contribution in [1.82, 2.24) is 0 Å². The third kappa shape index (κ3) is 6.57. The third-order valence-electron chi connectivity index (χ3n) is 5.43. The lowest BCUT2D eigenvalue weighted by molar-refractivity contribution is -0.385. The van der Waals surface area contributed by atoms with E-state index >= 15 is 0 Å². The fraction of sp³-hybridized carbons (Fsp3) is 0.364. The van der Waals surface area contributed by atoms with Crippen LogP contribution in [0.2, 0.25) is 0 Å². The van der Waals surface area contributed by atoms with Crippen LogP contribution in [0.3, 0.4) is 0 Å². The van der Waals surface area contributed by atoms with E-state index in [2.05, 4.69) is 0 Å². The van der Waals surface area contributed by atoms with Crippen molar-refractivity contribution in [2.24, 2.45) is 0 Å². The van der Waals surface area contributed by atoms with Gasteiger partial charge in [-0.05, 0) is 31.2 Å². The first-order valence-electron chi connectivity index (χ1n) is 10.9. The molecule has 0 aromatic heterocycles. The largest absolute Gasteiger partial charge is 0.453 e. The molecule has 0 amide bonds. The van der Waals surface area contributed by atoms with E-state index in [1.807, 2.05) is 0 Å². The van der Waals surface area contributed by atoms with Crippen LogP contribution in [0.25, 0.3) is 0 Å². The van der Waals surface area contributed by atoms with Crippen molar-refractivity contribution in [3.8, 4) is 0 Å². The van der Waals surface area contributed by atoms with Crippen LogP contribution >= 0.6 is 7.60 Å². The highest BCUT2D eigenvalue weighted by Crippen LogP contribution is 2.55. The lowest BCUT2D eigenvalue weighted by Gasteiger charge is -2.39. The van der Waals surface area contributed by atoms with Crippen LogP contribution in [0.15, 0.2) is 48.5 Å². The van der Waals surface area contributed by atoms with Gasteiger partial charge in [-0.15, -0.1) is 0 Å². The van der Waals surface area contributed by atoms with Crippen molar-refractivity contribution in [2.75, 3.05) is 20.8 Å². The monoisotopic (exact) mass is 554 g/mol.